The van der Waals surface area contributed by atoms with Gasteiger partial charge in [-0.3, -0.25) is 5.41 Å². The highest BCUT2D eigenvalue weighted by atomic mass is 19.1. The van der Waals surface area contributed by atoms with Crippen molar-refractivity contribution < 1.29 is 4.39 Å². The van der Waals surface area contributed by atoms with E-state index in [1.807, 2.05) is 19.0 Å². The van der Waals surface area contributed by atoms with Crippen LogP contribution in [0.2, 0.25) is 0 Å². The average Bonchev–Trinajstić information content (AvgIpc) is 2.19. The summed E-state index contributed by atoms with van der Waals surface area (Å²) in [5, 5.41) is 10.2. The third-order valence-electron chi connectivity index (χ3n) is 2.15. The molecule has 0 aliphatic rings. The SMILES string of the molecule is CN(C)CCNc1ccc(C(=N)N)cc1F. The van der Waals surface area contributed by atoms with Crippen LogP contribution in [-0.2, 0) is 0 Å². The number of nitrogen functional groups attached to an aromatic ring is 1. The Balaban J connectivity index is 2.64. The van der Waals surface area contributed by atoms with Gasteiger partial charge in [0, 0.05) is 18.7 Å². The molecule has 5 heteroatoms. The van der Waals surface area contributed by atoms with Crippen molar-refractivity contribution in [3.05, 3.63) is 29.6 Å². The molecule has 0 aromatic heterocycles. The van der Waals surface area contributed by atoms with Gasteiger partial charge in [0.15, 0.2) is 0 Å². The topological polar surface area (TPSA) is 65.1 Å². The van der Waals surface area contributed by atoms with Gasteiger partial charge >= 0.3 is 0 Å². The standard InChI is InChI=1S/C11H17FN4/c1-16(2)6-5-15-10-4-3-8(11(13)14)7-9(10)12/h3-4,7,15H,5-6H2,1-2H3,(H3,13,14). The smallest absolute Gasteiger partial charge is 0.147 e. The molecule has 0 bridgehead atoms. The normalized spacial score (nSPS) is 10.5. The lowest BCUT2D eigenvalue weighted by atomic mass is 10.2. The van der Waals surface area contributed by atoms with Crippen LogP contribution in [-0.4, -0.2) is 37.9 Å². The van der Waals surface area contributed by atoms with E-state index in [4.69, 9.17) is 11.1 Å². The maximum atomic E-state index is 13.5. The first kappa shape index (κ1) is 12.4. The zero-order valence-corrected chi connectivity index (χ0v) is 9.55. The van der Waals surface area contributed by atoms with Crippen LogP contribution < -0.4 is 11.1 Å². The van der Waals surface area contributed by atoms with Gasteiger partial charge in [-0.15, -0.1) is 0 Å². The first-order valence-electron chi connectivity index (χ1n) is 5.03. The lowest BCUT2D eigenvalue weighted by Crippen LogP contribution is -2.21. The highest BCUT2D eigenvalue weighted by molar-refractivity contribution is 5.95. The minimum absolute atomic E-state index is 0.126. The van der Waals surface area contributed by atoms with Crippen molar-refractivity contribution in [2.75, 3.05) is 32.5 Å². The fourth-order valence-electron chi connectivity index (χ4n) is 1.24. The van der Waals surface area contributed by atoms with Crippen molar-refractivity contribution in [2.24, 2.45) is 5.73 Å². The van der Waals surface area contributed by atoms with Crippen molar-refractivity contribution in [2.45, 2.75) is 0 Å². The lowest BCUT2D eigenvalue weighted by Gasteiger charge is -2.12. The number of nitrogens with one attached hydrogen (secondary N) is 2. The molecule has 0 aliphatic heterocycles. The summed E-state index contributed by atoms with van der Waals surface area (Å²) < 4.78 is 13.5. The van der Waals surface area contributed by atoms with E-state index in [0.29, 0.717) is 17.8 Å². The van der Waals surface area contributed by atoms with Gasteiger partial charge in [-0.25, -0.2) is 4.39 Å². The number of halogens is 1. The monoisotopic (exact) mass is 224 g/mol. The van der Waals surface area contributed by atoms with E-state index in [0.717, 1.165) is 6.54 Å². The number of hydrogen-bond acceptors (Lipinski definition) is 3. The van der Waals surface area contributed by atoms with Gasteiger partial charge in [0.05, 0.1) is 5.69 Å². The van der Waals surface area contributed by atoms with E-state index in [1.54, 1.807) is 12.1 Å². The Bertz CT molecular complexity index is 376. The molecule has 1 rings (SSSR count). The Morgan fingerprint density at radius 2 is 2.19 bits per heavy atom. The van der Waals surface area contributed by atoms with Gasteiger partial charge in [-0.1, -0.05) is 0 Å². The van der Waals surface area contributed by atoms with Crippen molar-refractivity contribution in [3.63, 3.8) is 0 Å². The van der Waals surface area contributed by atoms with Crippen molar-refractivity contribution in [1.29, 1.82) is 5.41 Å². The lowest BCUT2D eigenvalue weighted by molar-refractivity contribution is 0.425. The Kier molecular flexibility index (Phi) is 4.25. The molecule has 88 valence electrons. The van der Waals surface area contributed by atoms with Crippen molar-refractivity contribution in [1.82, 2.24) is 4.90 Å². The third-order valence-corrected chi connectivity index (χ3v) is 2.15. The number of rotatable bonds is 5. The molecule has 4 N–H and O–H groups in total. The summed E-state index contributed by atoms with van der Waals surface area (Å²) in [5.41, 5.74) is 6.10. The minimum atomic E-state index is -0.383. The van der Waals surface area contributed by atoms with E-state index in [-0.39, 0.29) is 11.7 Å². The number of benzene rings is 1. The van der Waals surface area contributed by atoms with Gasteiger partial charge in [-0.05, 0) is 32.3 Å². The zero-order valence-electron chi connectivity index (χ0n) is 9.55. The molecule has 0 saturated heterocycles. The van der Waals surface area contributed by atoms with Crippen LogP contribution in [0, 0.1) is 11.2 Å². The van der Waals surface area contributed by atoms with Crippen LogP contribution in [0.1, 0.15) is 5.56 Å². The molecule has 16 heavy (non-hydrogen) atoms. The van der Waals surface area contributed by atoms with E-state index in [9.17, 15) is 4.39 Å². The fraction of sp³-hybridized carbons (Fsp3) is 0.364. The highest BCUT2D eigenvalue weighted by Gasteiger charge is 2.04. The van der Waals surface area contributed by atoms with Gasteiger partial charge in [0.1, 0.15) is 11.7 Å². The van der Waals surface area contributed by atoms with Crippen molar-refractivity contribution in [3.8, 4) is 0 Å². The summed E-state index contributed by atoms with van der Waals surface area (Å²) in [6, 6.07) is 4.49. The molecule has 0 amide bonds. The molecule has 0 atom stereocenters. The van der Waals surface area contributed by atoms with Crippen LogP contribution in [0.5, 0.6) is 0 Å². The molecule has 0 spiro atoms. The maximum absolute atomic E-state index is 13.5. The Morgan fingerprint density at radius 1 is 1.50 bits per heavy atom. The summed E-state index contributed by atoms with van der Waals surface area (Å²) >= 11 is 0. The summed E-state index contributed by atoms with van der Waals surface area (Å²) in [6.45, 7) is 1.50. The first-order valence-corrected chi connectivity index (χ1v) is 5.03. The zero-order chi connectivity index (χ0) is 12.1. The Hall–Kier alpha value is -1.62. The van der Waals surface area contributed by atoms with Gasteiger partial charge in [-0.2, -0.15) is 0 Å². The molecular weight excluding hydrogens is 207 g/mol. The molecular formula is C11H17FN4. The number of amidine groups is 1. The van der Waals surface area contributed by atoms with Crippen LogP contribution in [0.15, 0.2) is 18.2 Å². The second kappa shape index (κ2) is 5.46. The third kappa shape index (κ3) is 3.51. The van der Waals surface area contributed by atoms with E-state index < -0.39 is 0 Å². The average molecular weight is 224 g/mol. The van der Waals surface area contributed by atoms with E-state index in [1.165, 1.54) is 6.07 Å². The maximum Gasteiger partial charge on any atom is 0.147 e. The molecule has 0 heterocycles. The van der Waals surface area contributed by atoms with Gasteiger partial charge in [0.25, 0.3) is 0 Å². The molecule has 0 fully saturated rings. The van der Waals surface area contributed by atoms with Crippen LogP contribution >= 0.6 is 0 Å². The van der Waals surface area contributed by atoms with Crippen LogP contribution in [0.3, 0.4) is 0 Å². The predicted octanol–water partition coefficient (Wildman–Crippen LogP) is 1.08. The number of nitrogens with two attached hydrogens (primary N) is 1. The van der Waals surface area contributed by atoms with Crippen LogP contribution in [0.25, 0.3) is 0 Å². The summed E-state index contributed by atoms with van der Waals surface area (Å²) in [4.78, 5) is 2.01. The number of anilines is 1. The Labute approximate surface area is 94.8 Å². The molecule has 1 aromatic carbocycles. The Morgan fingerprint density at radius 3 is 2.69 bits per heavy atom. The van der Waals surface area contributed by atoms with Crippen molar-refractivity contribution >= 4 is 11.5 Å². The largest absolute Gasteiger partial charge is 0.384 e. The molecule has 0 unspecified atom stereocenters. The number of hydrogen-bond donors (Lipinski definition) is 3. The second-order valence-electron chi connectivity index (χ2n) is 3.84. The fourth-order valence-corrected chi connectivity index (χ4v) is 1.24. The molecule has 1 aromatic rings. The quantitative estimate of drug-likeness (QED) is 0.518. The summed E-state index contributed by atoms with van der Waals surface area (Å²) in [6.07, 6.45) is 0. The van der Waals surface area contributed by atoms with Gasteiger partial charge in [0.2, 0.25) is 0 Å². The number of nitrogens with zero attached hydrogens (tertiary/aromatic N) is 1. The summed E-state index contributed by atoms with van der Waals surface area (Å²) in [7, 11) is 3.91. The van der Waals surface area contributed by atoms with Gasteiger partial charge < -0.3 is 16.0 Å². The highest BCUT2D eigenvalue weighted by Crippen LogP contribution is 2.15. The molecule has 4 nitrogen and oxygen atoms in total. The van der Waals surface area contributed by atoms with Crippen LogP contribution in [0.4, 0.5) is 10.1 Å². The first-order chi connectivity index (χ1) is 7.50. The number of likely N-dealkylation sites (N-methyl/N-ethyl adjacent to an activating group) is 1. The summed E-state index contributed by atoms with van der Waals surface area (Å²) in [5.74, 6) is -0.509. The molecule has 0 saturated carbocycles. The predicted molar refractivity (Wildman–Crippen MR) is 64.5 cm³/mol. The molecule has 0 aliphatic carbocycles. The second-order valence-corrected chi connectivity index (χ2v) is 3.84. The molecule has 0 radical (unpaired) electrons. The van der Waals surface area contributed by atoms with E-state index in [2.05, 4.69) is 5.32 Å². The van der Waals surface area contributed by atoms with E-state index >= 15 is 0 Å². The minimum Gasteiger partial charge on any atom is -0.384 e.